The number of pyridine rings is 1. The average molecular weight is 752 g/mol. The van der Waals surface area contributed by atoms with E-state index in [2.05, 4.69) is 22.2 Å². The van der Waals surface area contributed by atoms with Gasteiger partial charge in [-0.05, 0) is 64.0 Å². The zero-order chi connectivity index (χ0) is 39.1. The number of amides is 1. The van der Waals surface area contributed by atoms with Crippen molar-refractivity contribution in [2.45, 2.75) is 78.7 Å². The van der Waals surface area contributed by atoms with Crippen LogP contribution in [0.4, 0.5) is 23.2 Å². The third-order valence-electron chi connectivity index (χ3n) is 8.73. The molecule has 1 aliphatic rings. The van der Waals surface area contributed by atoms with Gasteiger partial charge in [0.2, 0.25) is 11.8 Å². The molecule has 2 aromatic heterocycles. The Morgan fingerprint density at radius 1 is 1.00 bits per heavy atom. The van der Waals surface area contributed by atoms with Crippen LogP contribution in [0, 0.1) is 23.1 Å². The van der Waals surface area contributed by atoms with Crippen LogP contribution in [0.3, 0.4) is 0 Å². The van der Waals surface area contributed by atoms with E-state index in [1.165, 1.54) is 30.0 Å². The molecule has 17 heteroatoms. The average Bonchev–Trinajstić information content (AvgIpc) is 3.55. The Morgan fingerprint density at radius 3 is 2.25 bits per heavy atom. The molecule has 2 heterocycles. The Balaban J connectivity index is 1.68. The molecule has 290 valence electrons. The predicted molar refractivity (Wildman–Crippen MR) is 182 cm³/mol. The summed E-state index contributed by atoms with van der Waals surface area (Å²) in [6.07, 6.45) is 0.141. The lowest BCUT2D eigenvalue weighted by Crippen LogP contribution is -2.49. The van der Waals surface area contributed by atoms with Gasteiger partial charge in [0.25, 0.3) is 0 Å². The van der Waals surface area contributed by atoms with Gasteiger partial charge in [0.15, 0.2) is 18.3 Å². The van der Waals surface area contributed by atoms with Crippen LogP contribution in [-0.4, -0.2) is 78.4 Å². The van der Waals surface area contributed by atoms with Gasteiger partial charge < -0.3 is 28.6 Å². The summed E-state index contributed by atoms with van der Waals surface area (Å²) in [4.78, 5) is 44.4. The number of anilines is 1. The number of methoxy groups -OCH3 is 3. The van der Waals surface area contributed by atoms with Crippen LogP contribution in [-0.2, 0) is 47.9 Å². The maximum absolute atomic E-state index is 16.0. The first-order chi connectivity index (χ1) is 25.0. The lowest BCUT2D eigenvalue weighted by molar-refractivity contribution is -0.157. The molecule has 53 heavy (non-hydrogen) atoms. The Morgan fingerprint density at radius 2 is 1.66 bits per heavy atom. The maximum Gasteiger partial charge on any atom is 0.421 e. The third kappa shape index (κ3) is 10.5. The van der Waals surface area contributed by atoms with Gasteiger partial charge in [0, 0.05) is 44.9 Å². The number of benzene rings is 1. The zero-order valence-electron chi connectivity index (χ0n) is 30.8. The van der Waals surface area contributed by atoms with Crippen molar-refractivity contribution in [1.82, 2.24) is 20.0 Å². The van der Waals surface area contributed by atoms with E-state index < -0.39 is 58.5 Å². The van der Waals surface area contributed by atoms with Crippen LogP contribution >= 0.6 is 0 Å². The number of hydrogen-bond acceptors (Lipinski definition) is 11. The predicted octanol–water partition coefficient (Wildman–Crippen LogP) is 6.37. The minimum Gasteiger partial charge on any atom is -0.465 e. The van der Waals surface area contributed by atoms with E-state index in [1.54, 1.807) is 20.8 Å². The van der Waals surface area contributed by atoms with Crippen LogP contribution in [0.1, 0.15) is 80.6 Å². The topological polar surface area (TPSA) is 144 Å². The second-order valence-electron chi connectivity index (χ2n) is 14.1. The number of nitrogens with zero attached hydrogens (tertiary/aromatic N) is 5. The van der Waals surface area contributed by atoms with Crippen LogP contribution < -0.4 is 9.64 Å². The highest BCUT2D eigenvalue weighted by Gasteiger charge is 2.38. The monoisotopic (exact) mass is 751 g/mol. The highest BCUT2D eigenvalue weighted by atomic mass is 19.4. The summed E-state index contributed by atoms with van der Waals surface area (Å²) in [7, 11) is 3.91. The van der Waals surface area contributed by atoms with Crippen LogP contribution in [0.5, 0.6) is 11.6 Å². The van der Waals surface area contributed by atoms with Crippen LogP contribution in [0.2, 0.25) is 0 Å². The van der Waals surface area contributed by atoms with Gasteiger partial charge in [0.1, 0.15) is 5.56 Å². The molecule has 1 saturated carbocycles. The molecule has 1 aromatic carbocycles. The van der Waals surface area contributed by atoms with Crippen molar-refractivity contribution in [3.8, 4) is 11.6 Å². The Bertz CT molecular complexity index is 1750. The lowest BCUT2D eigenvalue weighted by Gasteiger charge is -2.36. The van der Waals surface area contributed by atoms with Crippen molar-refractivity contribution in [2.75, 3.05) is 39.4 Å². The summed E-state index contributed by atoms with van der Waals surface area (Å²) in [6, 6.07) is 1.72. The standard InChI is InChI=1S/C36H45F4N5O8/c1-21-8-10-23(11-9-21)32(46)45(25(18-49-5)19-50-6)29-15-28(37)30(14-26(29)33(47)51-7)53-31-27(36(38,39)40)13-22(16-41-31)12-24-17-44(43-42-24)20-52-34(48)35(2,3)4/h13-17,21,23,25H,8-12,18-20H2,1-7H3/t21-,23-. The molecule has 0 unspecified atom stereocenters. The van der Waals surface area contributed by atoms with Crippen molar-refractivity contribution in [3.63, 3.8) is 0 Å². The zero-order valence-corrected chi connectivity index (χ0v) is 30.8. The van der Waals surface area contributed by atoms with Crippen molar-refractivity contribution < 1.29 is 55.6 Å². The molecule has 3 aromatic rings. The van der Waals surface area contributed by atoms with Crippen LogP contribution in [0.15, 0.2) is 30.6 Å². The number of esters is 2. The smallest absolute Gasteiger partial charge is 0.421 e. The van der Waals surface area contributed by atoms with E-state index in [4.69, 9.17) is 23.7 Å². The summed E-state index contributed by atoms with van der Waals surface area (Å²) < 4.78 is 86.6. The van der Waals surface area contributed by atoms with Gasteiger partial charge in [0.05, 0.1) is 54.9 Å². The molecule has 0 N–H and O–H groups in total. The van der Waals surface area contributed by atoms with Crippen molar-refractivity contribution in [2.24, 2.45) is 17.3 Å². The molecule has 0 atom stereocenters. The number of halogens is 4. The number of rotatable bonds is 14. The Hall–Kier alpha value is -4.64. The quantitative estimate of drug-likeness (QED) is 0.134. The number of alkyl halides is 3. The highest BCUT2D eigenvalue weighted by Crippen LogP contribution is 2.40. The molecular formula is C36H45F4N5O8. The highest BCUT2D eigenvalue weighted by molar-refractivity contribution is 6.04. The van der Waals surface area contributed by atoms with E-state index in [-0.39, 0.29) is 54.8 Å². The number of carbonyl (C=O) groups excluding carboxylic acids is 3. The SMILES string of the molecule is COCC(COC)N(c1cc(F)c(Oc2ncc(Cc3cn(COC(=O)C(C)(C)C)nn3)cc2C(F)(F)F)cc1C(=O)OC)C(=O)[C@H]1CC[C@H](C)CC1. The normalized spacial score (nSPS) is 16.4. The van der Waals surface area contributed by atoms with Gasteiger partial charge in [-0.15, -0.1) is 5.10 Å². The van der Waals surface area contributed by atoms with Crippen molar-refractivity contribution in [3.05, 3.63) is 58.8 Å². The molecule has 0 saturated heterocycles. The van der Waals surface area contributed by atoms with Crippen molar-refractivity contribution in [1.29, 1.82) is 0 Å². The molecule has 1 fully saturated rings. The molecule has 0 bridgehead atoms. The fraction of sp³-hybridized carbons (Fsp3) is 0.556. The number of aromatic nitrogens is 4. The van der Waals surface area contributed by atoms with Gasteiger partial charge >= 0.3 is 18.1 Å². The molecular weight excluding hydrogens is 706 g/mol. The van der Waals surface area contributed by atoms with E-state index in [9.17, 15) is 27.6 Å². The summed E-state index contributed by atoms with van der Waals surface area (Å²) in [5.74, 6) is -4.76. The minimum atomic E-state index is -4.99. The molecule has 0 spiro atoms. The molecule has 0 radical (unpaired) electrons. The van der Waals surface area contributed by atoms with Crippen LogP contribution in [0.25, 0.3) is 0 Å². The fourth-order valence-corrected chi connectivity index (χ4v) is 5.89. The van der Waals surface area contributed by atoms with Gasteiger partial charge in [-0.1, -0.05) is 12.1 Å². The summed E-state index contributed by atoms with van der Waals surface area (Å²) in [5, 5.41) is 7.77. The van der Waals surface area contributed by atoms with Gasteiger partial charge in [-0.2, -0.15) is 13.2 Å². The second-order valence-corrected chi connectivity index (χ2v) is 14.1. The Labute approximate surface area is 304 Å². The number of ether oxygens (including phenoxy) is 5. The summed E-state index contributed by atoms with van der Waals surface area (Å²) in [5.41, 5.74) is -2.25. The lowest BCUT2D eigenvalue weighted by atomic mass is 9.82. The first-order valence-electron chi connectivity index (χ1n) is 17.0. The van der Waals surface area contributed by atoms with E-state index in [0.29, 0.717) is 18.8 Å². The molecule has 1 aliphatic carbocycles. The molecule has 1 amide bonds. The minimum absolute atomic E-state index is 0.0324. The van der Waals surface area contributed by atoms with Gasteiger partial charge in [-0.3, -0.25) is 9.59 Å². The van der Waals surface area contributed by atoms with E-state index >= 15 is 4.39 Å². The summed E-state index contributed by atoms with van der Waals surface area (Å²) in [6.45, 7) is 6.82. The van der Waals surface area contributed by atoms with E-state index in [0.717, 1.165) is 44.3 Å². The molecule has 13 nitrogen and oxygen atoms in total. The first-order valence-corrected chi connectivity index (χ1v) is 17.0. The first kappa shape index (κ1) is 41.1. The molecule has 4 rings (SSSR count). The summed E-state index contributed by atoms with van der Waals surface area (Å²) >= 11 is 0. The van der Waals surface area contributed by atoms with E-state index in [1.807, 2.05) is 0 Å². The third-order valence-corrected chi connectivity index (χ3v) is 8.73. The Kier molecular flexibility index (Phi) is 13.5. The second kappa shape index (κ2) is 17.5. The largest absolute Gasteiger partial charge is 0.465 e. The fourth-order valence-electron chi connectivity index (χ4n) is 5.89. The molecule has 0 aliphatic heterocycles. The number of hydrogen-bond donors (Lipinski definition) is 0. The maximum atomic E-state index is 16.0. The van der Waals surface area contributed by atoms with Gasteiger partial charge in [-0.25, -0.2) is 18.9 Å². The van der Waals surface area contributed by atoms with Crippen molar-refractivity contribution >= 4 is 23.5 Å². The number of carbonyl (C=O) groups is 3.